The first-order valence-electron chi connectivity index (χ1n) is 3.90. The molecule has 60 valence electrons. The minimum absolute atomic E-state index is 0.217. The fourth-order valence-corrected chi connectivity index (χ4v) is 1.68. The number of rotatable bonds is 2. The summed E-state index contributed by atoms with van der Waals surface area (Å²) in [5.41, 5.74) is 0.217. The molecule has 0 radical (unpaired) electrons. The smallest absolute Gasteiger partial charge is 0.0514 e. The molecule has 0 bridgehead atoms. The fraction of sp³-hybridized carbons (Fsp3) is 1.00. The molecule has 0 amide bonds. The van der Waals surface area contributed by atoms with Gasteiger partial charge < -0.3 is 10.0 Å². The second-order valence-electron chi connectivity index (χ2n) is 3.85. The molecule has 0 saturated carbocycles. The Bertz CT molecular complexity index is 116. The van der Waals surface area contributed by atoms with Crippen LogP contribution in [0.1, 0.15) is 13.8 Å². The predicted octanol–water partition coefficient (Wildman–Crippen LogP) is 0.567. The average molecular weight is 143 g/mol. The van der Waals surface area contributed by atoms with Crippen molar-refractivity contribution in [1.29, 1.82) is 0 Å². The Morgan fingerprint density at radius 2 is 2.00 bits per heavy atom. The zero-order chi connectivity index (χ0) is 7.78. The second kappa shape index (κ2) is 2.51. The summed E-state index contributed by atoms with van der Waals surface area (Å²) in [6, 6.07) is 0. The minimum atomic E-state index is 0.217. The van der Waals surface area contributed by atoms with E-state index in [0.29, 0.717) is 12.5 Å². The van der Waals surface area contributed by atoms with Gasteiger partial charge in [-0.3, -0.25) is 0 Å². The quantitative estimate of drug-likeness (QED) is 0.611. The van der Waals surface area contributed by atoms with E-state index in [1.807, 2.05) is 0 Å². The summed E-state index contributed by atoms with van der Waals surface area (Å²) < 4.78 is 0. The molecule has 0 aromatic heterocycles. The average Bonchev–Trinajstić information content (AvgIpc) is 1.79. The molecule has 1 rings (SSSR count). The van der Waals surface area contributed by atoms with Crippen LogP contribution in [0.3, 0.4) is 0 Å². The van der Waals surface area contributed by atoms with Gasteiger partial charge in [-0.2, -0.15) is 0 Å². The van der Waals surface area contributed by atoms with Crippen molar-refractivity contribution in [3.05, 3.63) is 0 Å². The molecule has 0 aromatic carbocycles. The number of likely N-dealkylation sites (tertiary alicyclic amines) is 1. The van der Waals surface area contributed by atoms with Gasteiger partial charge in [-0.25, -0.2) is 0 Å². The van der Waals surface area contributed by atoms with Crippen LogP contribution in [-0.4, -0.2) is 36.8 Å². The molecule has 1 N–H and O–H groups in total. The molecule has 2 heteroatoms. The minimum Gasteiger partial charge on any atom is -0.396 e. The van der Waals surface area contributed by atoms with Crippen LogP contribution in [0, 0.1) is 11.3 Å². The van der Waals surface area contributed by atoms with Crippen LogP contribution in [0.5, 0.6) is 0 Å². The van der Waals surface area contributed by atoms with Crippen LogP contribution in [-0.2, 0) is 0 Å². The van der Waals surface area contributed by atoms with E-state index >= 15 is 0 Å². The van der Waals surface area contributed by atoms with Crippen molar-refractivity contribution in [2.75, 3.05) is 26.7 Å². The van der Waals surface area contributed by atoms with Gasteiger partial charge in [0.05, 0.1) is 6.61 Å². The number of aliphatic hydroxyl groups is 1. The van der Waals surface area contributed by atoms with Crippen LogP contribution in [0.4, 0.5) is 0 Å². The van der Waals surface area contributed by atoms with Gasteiger partial charge in [0.2, 0.25) is 0 Å². The highest BCUT2D eigenvalue weighted by atomic mass is 16.3. The molecule has 10 heavy (non-hydrogen) atoms. The van der Waals surface area contributed by atoms with Crippen LogP contribution < -0.4 is 0 Å². The van der Waals surface area contributed by atoms with Gasteiger partial charge in [0, 0.05) is 18.5 Å². The van der Waals surface area contributed by atoms with E-state index in [1.54, 1.807) is 0 Å². The Morgan fingerprint density at radius 3 is 2.10 bits per heavy atom. The first-order valence-corrected chi connectivity index (χ1v) is 3.90. The zero-order valence-electron chi connectivity index (χ0n) is 7.09. The van der Waals surface area contributed by atoms with Crippen molar-refractivity contribution in [3.63, 3.8) is 0 Å². The van der Waals surface area contributed by atoms with Crippen molar-refractivity contribution in [3.8, 4) is 0 Å². The molecular formula is C8H17NO. The van der Waals surface area contributed by atoms with Crippen LogP contribution in [0.2, 0.25) is 0 Å². The standard InChI is InChI=1S/C8H17NO/c1-7(2)8(6-10)4-9(3)5-8/h7,10H,4-6H2,1-3H3. The summed E-state index contributed by atoms with van der Waals surface area (Å²) in [5, 5.41) is 9.10. The number of nitrogens with zero attached hydrogens (tertiary/aromatic N) is 1. The molecule has 1 heterocycles. The largest absolute Gasteiger partial charge is 0.396 e. The molecule has 2 nitrogen and oxygen atoms in total. The van der Waals surface area contributed by atoms with Crippen molar-refractivity contribution in [2.45, 2.75) is 13.8 Å². The lowest BCUT2D eigenvalue weighted by Crippen LogP contribution is -2.59. The molecule has 1 aliphatic heterocycles. The third kappa shape index (κ3) is 1.06. The summed E-state index contributed by atoms with van der Waals surface area (Å²) in [7, 11) is 2.09. The van der Waals surface area contributed by atoms with Crippen LogP contribution in [0.25, 0.3) is 0 Å². The number of hydrogen-bond acceptors (Lipinski definition) is 2. The predicted molar refractivity (Wildman–Crippen MR) is 41.9 cm³/mol. The lowest BCUT2D eigenvalue weighted by atomic mass is 9.72. The summed E-state index contributed by atoms with van der Waals surface area (Å²) >= 11 is 0. The maximum Gasteiger partial charge on any atom is 0.0514 e. The Balaban J connectivity index is 2.48. The second-order valence-corrected chi connectivity index (χ2v) is 3.85. The lowest BCUT2D eigenvalue weighted by Gasteiger charge is -2.50. The van der Waals surface area contributed by atoms with Gasteiger partial charge in [-0.15, -0.1) is 0 Å². The zero-order valence-corrected chi connectivity index (χ0v) is 7.09. The topological polar surface area (TPSA) is 23.5 Å². The van der Waals surface area contributed by atoms with Crippen molar-refractivity contribution >= 4 is 0 Å². The van der Waals surface area contributed by atoms with Gasteiger partial charge in [0.25, 0.3) is 0 Å². The van der Waals surface area contributed by atoms with Gasteiger partial charge >= 0.3 is 0 Å². The summed E-state index contributed by atoms with van der Waals surface area (Å²) in [5.74, 6) is 0.605. The molecule has 1 saturated heterocycles. The molecule has 0 aromatic rings. The van der Waals surface area contributed by atoms with Gasteiger partial charge in [0.1, 0.15) is 0 Å². The Kier molecular flexibility index (Phi) is 2.02. The highest BCUT2D eigenvalue weighted by Crippen LogP contribution is 2.35. The van der Waals surface area contributed by atoms with Crippen molar-refractivity contribution in [1.82, 2.24) is 4.90 Å². The SMILES string of the molecule is CC(C)C1(CO)CN(C)C1. The molecular weight excluding hydrogens is 126 g/mol. The van der Waals surface area contributed by atoms with E-state index < -0.39 is 0 Å². The number of hydrogen-bond donors (Lipinski definition) is 1. The normalized spacial score (nSPS) is 24.9. The van der Waals surface area contributed by atoms with E-state index in [-0.39, 0.29) is 5.41 Å². The Morgan fingerprint density at radius 1 is 1.50 bits per heavy atom. The Labute approximate surface area is 62.8 Å². The van der Waals surface area contributed by atoms with Crippen LogP contribution in [0.15, 0.2) is 0 Å². The molecule has 0 aliphatic carbocycles. The summed E-state index contributed by atoms with van der Waals surface area (Å²) in [4.78, 5) is 2.25. The maximum absolute atomic E-state index is 9.10. The summed E-state index contributed by atoms with van der Waals surface area (Å²) in [6.07, 6.45) is 0. The van der Waals surface area contributed by atoms with E-state index in [0.717, 1.165) is 13.1 Å². The first kappa shape index (κ1) is 8.02. The Hall–Kier alpha value is -0.0800. The first-order chi connectivity index (χ1) is 4.60. The molecule has 1 fully saturated rings. The highest BCUT2D eigenvalue weighted by Gasteiger charge is 2.42. The molecule has 1 aliphatic rings. The number of aliphatic hydroxyl groups excluding tert-OH is 1. The van der Waals surface area contributed by atoms with Gasteiger partial charge in [0.15, 0.2) is 0 Å². The lowest BCUT2D eigenvalue weighted by molar-refractivity contribution is -0.0596. The highest BCUT2D eigenvalue weighted by molar-refractivity contribution is 4.94. The fourth-order valence-electron chi connectivity index (χ4n) is 1.68. The summed E-state index contributed by atoms with van der Waals surface area (Å²) in [6.45, 7) is 6.82. The monoisotopic (exact) mass is 143 g/mol. The van der Waals surface area contributed by atoms with E-state index in [4.69, 9.17) is 5.11 Å². The molecule has 0 unspecified atom stereocenters. The van der Waals surface area contributed by atoms with E-state index in [2.05, 4.69) is 25.8 Å². The molecule has 0 spiro atoms. The van der Waals surface area contributed by atoms with E-state index in [1.165, 1.54) is 0 Å². The van der Waals surface area contributed by atoms with E-state index in [9.17, 15) is 0 Å². The van der Waals surface area contributed by atoms with Crippen molar-refractivity contribution in [2.24, 2.45) is 11.3 Å². The van der Waals surface area contributed by atoms with Gasteiger partial charge in [-0.1, -0.05) is 13.8 Å². The van der Waals surface area contributed by atoms with Gasteiger partial charge in [-0.05, 0) is 13.0 Å². The third-order valence-electron chi connectivity index (χ3n) is 2.71. The maximum atomic E-state index is 9.10. The van der Waals surface area contributed by atoms with Crippen LogP contribution >= 0.6 is 0 Å². The molecule has 0 atom stereocenters. The third-order valence-corrected chi connectivity index (χ3v) is 2.71. The van der Waals surface area contributed by atoms with Crippen molar-refractivity contribution < 1.29 is 5.11 Å².